The first-order valence-electron chi connectivity index (χ1n) is 12.1. The predicted octanol–water partition coefficient (Wildman–Crippen LogP) is 6.34. The minimum absolute atomic E-state index is 0.0727. The van der Waals surface area contributed by atoms with Gasteiger partial charge in [0, 0.05) is 22.6 Å². The Balaban J connectivity index is 1.56. The summed E-state index contributed by atoms with van der Waals surface area (Å²) in [5.74, 6) is -0.581. The lowest BCUT2D eigenvalue weighted by Gasteiger charge is -2.15. The summed E-state index contributed by atoms with van der Waals surface area (Å²) in [5.41, 5.74) is 2.91. The molecular formula is C27H20Cl2F3N7O2. The number of tetrazole rings is 1. The van der Waals surface area contributed by atoms with Gasteiger partial charge in [0.1, 0.15) is 5.75 Å². The molecule has 1 amide bonds. The predicted molar refractivity (Wildman–Crippen MR) is 145 cm³/mol. The summed E-state index contributed by atoms with van der Waals surface area (Å²) in [6.07, 6.45) is -4.71. The molecule has 0 saturated carbocycles. The molecule has 0 aliphatic carbocycles. The van der Waals surface area contributed by atoms with E-state index in [-0.39, 0.29) is 17.9 Å². The zero-order chi connectivity index (χ0) is 29.1. The van der Waals surface area contributed by atoms with Crippen molar-refractivity contribution in [2.45, 2.75) is 25.7 Å². The maximum absolute atomic E-state index is 13.7. The van der Waals surface area contributed by atoms with Gasteiger partial charge in [0.2, 0.25) is 0 Å². The Bertz CT molecular complexity index is 1660. The van der Waals surface area contributed by atoms with E-state index in [0.29, 0.717) is 43.9 Å². The molecule has 0 fully saturated rings. The SMILES string of the molecule is C[C@@H](NC(=O)c1nn(-c2ccccc2Cl)c(-c2ccc(Cl)cc2)c1Cc1nn[nH]n1)c1ccc(OC(F)(F)F)cc1. The number of nitrogens with zero attached hydrogens (tertiary/aromatic N) is 5. The number of carbonyl (C=O) groups is 1. The molecule has 1 atom stereocenters. The number of rotatable bonds is 8. The van der Waals surface area contributed by atoms with Crippen molar-refractivity contribution in [1.82, 2.24) is 35.7 Å². The van der Waals surface area contributed by atoms with Crippen molar-refractivity contribution in [3.8, 4) is 22.7 Å². The van der Waals surface area contributed by atoms with Gasteiger partial charge in [-0.05, 0) is 48.9 Å². The Morgan fingerprint density at radius 1 is 1.05 bits per heavy atom. The molecule has 0 unspecified atom stereocenters. The Labute approximate surface area is 241 Å². The van der Waals surface area contributed by atoms with E-state index in [1.165, 1.54) is 24.3 Å². The Kier molecular flexibility index (Phi) is 7.95. The second-order valence-electron chi connectivity index (χ2n) is 8.86. The van der Waals surface area contributed by atoms with Crippen LogP contribution in [0, 0.1) is 0 Å². The number of hydrogen-bond acceptors (Lipinski definition) is 6. The Morgan fingerprint density at radius 3 is 2.39 bits per heavy atom. The van der Waals surface area contributed by atoms with Gasteiger partial charge in [-0.3, -0.25) is 4.79 Å². The molecule has 2 N–H and O–H groups in total. The smallest absolute Gasteiger partial charge is 0.406 e. The summed E-state index contributed by atoms with van der Waals surface area (Å²) in [6.45, 7) is 1.70. The van der Waals surface area contributed by atoms with E-state index in [1.54, 1.807) is 60.1 Å². The van der Waals surface area contributed by atoms with Crippen LogP contribution in [0.15, 0.2) is 72.8 Å². The topological polar surface area (TPSA) is 111 Å². The van der Waals surface area contributed by atoms with Crippen molar-refractivity contribution in [3.63, 3.8) is 0 Å². The molecule has 0 aliphatic rings. The van der Waals surface area contributed by atoms with Crippen LogP contribution in [0.2, 0.25) is 10.0 Å². The van der Waals surface area contributed by atoms with Crippen LogP contribution in [0.25, 0.3) is 16.9 Å². The van der Waals surface area contributed by atoms with Crippen molar-refractivity contribution >= 4 is 29.1 Å². The molecule has 14 heteroatoms. The molecule has 2 aromatic heterocycles. The number of halogens is 5. The van der Waals surface area contributed by atoms with Gasteiger partial charge in [-0.25, -0.2) is 4.68 Å². The summed E-state index contributed by atoms with van der Waals surface area (Å²) in [7, 11) is 0. The lowest BCUT2D eigenvalue weighted by atomic mass is 10.0. The molecule has 0 aliphatic heterocycles. The van der Waals surface area contributed by atoms with E-state index in [4.69, 9.17) is 23.2 Å². The third kappa shape index (κ3) is 6.50. The van der Waals surface area contributed by atoms with Crippen molar-refractivity contribution in [2.24, 2.45) is 0 Å². The quantitative estimate of drug-likeness (QED) is 0.215. The van der Waals surface area contributed by atoms with Crippen LogP contribution in [-0.4, -0.2) is 42.7 Å². The highest BCUT2D eigenvalue weighted by Gasteiger charge is 2.31. The molecule has 210 valence electrons. The number of nitrogens with one attached hydrogen (secondary N) is 2. The summed E-state index contributed by atoms with van der Waals surface area (Å²) in [4.78, 5) is 13.7. The highest BCUT2D eigenvalue weighted by Crippen LogP contribution is 2.34. The number of benzene rings is 3. The highest BCUT2D eigenvalue weighted by atomic mass is 35.5. The van der Waals surface area contributed by atoms with Crippen molar-refractivity contribution < 1.29 is 22.7 Å². The van der Waals surface area contributed by atoms with Crippen molar-refractivity contribution in [1.29, 1.82) is 0 Å². The Morgan fingerprint density at radius 2 is 1.76 bits per heavy atom. The normalized spacial score (nSPS) is 12.2. The molecule has 0 spiro atoms. The fourth-order valence-electron chi connectivity index (χ4n) is 4.22. The van der Waals surface area contributed by atoms with Gasteiger partial charge in [-0.2, -0.15) is 10.3 Å². The fraction of sp³-hybridized carbons (Fsp3) is 0.148. The maximum Gasteiger partial charge on any atom is 0.573 e. The monoisotopic (exact) mass is 601 g/mol. The van der Waals surface area contributed by atoms with Crippen LogP contribution < -0.4 is 10.1 Å². The van der Waals surface area contributed by atoms with Crippen molar-refractivity contribution in [3.05, 3.63) is 105 Å². The second-order valence-corrected chi connectivity index (χ2v) is 9.71. The molecule has 0 saturated heterocycles. The number of ether oxygens (including phenoxy) is 1. The number of alkyl halides is 3. The molecule has 0 radical (unpaired) electrons. The third-order valence-electron chi connectivity index (χ3n) is 6.08. The Hall–Kier alpha value is -4.42. The summed E-state index contributed by atoms with van der Waals surface area (Å²) in [6, 6.07) is 18.7. The van der Waals surface area contributed by atoms with E-state index in [2.05, 4.69) is 35.8 Å². The van der Waals surface area contributed by atoms with Crippen molar-refractivity contribution in [2.75, 3.05) is 0 Å². The van der Waals surface area contributed by atoms with E-state index >= 15 is 0 Å². The largest absolute Gasteiger partial charge is 0.573 e. The van der Waals surface area contributed by atoms with E-state index < -0.39 is 18.3 Å². The highest BCUT2D eigenvalue weighted by molar-refractivity contribution is 6.32. The zero-order valence-electron chi connectivity index (χ0n) is 21.2. The third-order valence-corrected chi connectivity index (χ3v) is 6.65. The first kappa shape index (κ1) is 28.1. The van der Waals surface area contributed by atoms with Crippen LogP contribution in [0.5, 0.6) is 5.75 Å². The lowest BCUT2D eigenvalue weighted by molar-refractivity contribution is -0.274. The zero-order valence-corrected chi connectivity index (χ0v) is 22.7. The van der Waals surface area contributed by atoms with Gasteiger partial charge in [-0.1, -0.05) is 64.8 Å². The van der Waals surface area contributed by atoms with E-state index in [9.17, 15) is 18.0 Å². The first-order valence-corrected chi connectivity index (χ1v) is 12.9. The fourth-order valence-corrected chi connectivity index (χ4v) is 4.57. The summed E-state index contributed by atoms with van der Waals surface area (Å²) < 4.78 is 43.1. The minimum atomic E-state index is -4.81. The van der Waals surface area contributed by atoms with Crippen LogP contribution in [0.3, 0.4) is 0 Å². The molecule has 5 aromatic rings. The minimum Gasteiger partial charge on any atom is -0.406 e. The van der Waals surface area contributed by atoms with Crippen LogP contribution in [0.1, 0.15) is 40.4 Å². The summed E-state index contributed by atoms with van der Waals surface area (Å²) >= 11 is 12.7. The molecular weight excluding hydrogens is 582 g/mol. The number of para-hydroxylation sites is 1. The van der Waals surface area contributed by atoms with E-state index in [0.717, 1.165) is 0 Å². The number of carbonyl (C=O) groups excluding carboxylic acids is 1. The number of hydrogen-bond donors (Lipinski definition) is 2. The molecule has 9 nitrogen and oxygen atoms in total. The maximum atomic E-state index is 13.7. The molecule has 2 heterocycles. The summed E-state index contributed by atoms with van der Waals surface area (Å²) in [5, 5.41) is 22.6. The van der Waals surface area contributed by atoms with Gasteiger partial charge in [0.05, 0.1) is 22.4 Å². The first-order chi connectivity index (χ1) is 19.6. The molecule has 3 aromatic carbocycles. The molecule has 0 bridgehead atoms. The van der Waals surface area contributed by atoms with Gasteiger partial charge in [-0.15, -0.1) is 23.4 Å². The van der Waals surface area contributed by atoms with Gasteiger partial charge in [0.25, 0.3) is 5.91 Å². The van der Waals surface area contributed by atoms with Gasteiger partial charge >= 0.3 is 6.36 Å². The van der Waals surface area contributed by atoms with E-state index in [1.807, 2.05) is 0 Å². The van der Waals surface area contributed by atoms with Crippen LogP contribution in [-0.2, 0) is 6.42 Å². The second kappa shape index (κ2) is 11.6. The number of H-pyrrole nitrogens is 1. The average molecular weight is 602 g/mol. The van der Waals surface area contributed by atoms with Gasteiger partial charge in [0.15, 0.2) is 11.5 Å². The number of aromatic amines is 1. The molecule has 41 heavy (non-hydrogen) atoms. The molecule has 5 rings (SSSR count). The van der Waals surface area contributed by atoms with Crippen LogP contribution in [0.4, 0.5) is 13.2 Å². The number of amides is 1. The van der Waals surface area contributed by atoms with Crippen LogP contribution >= 0.6 is 23.2 Å². The number of aromatic nitrogens is 6. The standard InChI is InChI=1S/C27H20Cl2F3N7O2/c1-15(16-8-12-19(13-9-16)41-27(30,31)32)33-26(40)24-20(14-23-34-37-38-35-23)25(17-6-10-18(28)11-7-17)39(36-24)22-5-3-2-4-21(22)29/h2-13,15H,14H2,1H3,(H,33,40)(H,34,35,37,38)/t15-/m1/s1. The average Bonchev–Trinajstić information content (AvgIpc) is 3.57. The van der Waals surface area contributed by atoms with Gasteiger partial charge < -0.3 is 10.1 Å². The lowest BCUT2D eigenvalue weighted by Crippen LogP contribution is -2.28.